The number of aliphatic carboxylic acids is 1. The molecule has 0 aromatic heterocycles. The van der Waals surface area contributed by atoms with E-state index in [9.17, 15) is 9.90 Å². The van der Waals surface area contributed by atoms with E-state index in [4.69, 9.17) is 10.2 Å². The number of carbonyl (C=O) groups is 1. The molecule has 2 atom stereocenters. The van der Waals surface area contributed by atoms with Gasteiger partial charge < -0.3 is 15.3 Å². The normalized spacial score (nSPS) is 14.7. The lowest BCUT2D eigenvalue weighted by molar-refractivity contribution is -0.140. The minimum absolute atomic E-state index is 0.158. The third-order valence-electron chi connectivity index (χ3n) is 1.78. The van der Waals surface area contributed by atoms with Crippen LogP contribution in [-0.4, -0.2) is 46.6 Å². The lowest BCUT2D eigenvalue weighted by Crippen LogP contribution is -2.43. The fourth-order valence-electron chi connectivity index (χ4n) is 0.921. The van der Waals surface area contributed by atoms with Crippen molar-refractivity contribution in [3.8, 4) is 0 Å². The molecule has 0 aliphatic rings. The van der Waals surface area contributed by atoms with Crippen LogP contribution < -0.4 is 5.32 Å². The highest BCUT2D eigenvalue weighted by atomic mass is 16.4. The minimum atomic E-state index is -1.12. The first-order valence-electron chi connectivity index (χ1n) is 4.47. The third-order valence-corrected chi connectivity index (χ3v) is 1.78. The number of rotatable bonds is 8. The second-order valence-electron chi connectivity index (χ2n) is 3.00. The lowest BCUT2D eigenvalue weighted by atomic mass is 10.2. The number of hydrogen-bond acceptors (Lipinski definition) is 4. The third kappa shape index (κ3) is 5.69. The van der Waals surface area contributed by atoms with E-state index < -0.39 is 24.7 Å². The van der Waals surface area contributed by atoms with Gasteiger partial charge >= 0.3 is 5.97 Å². The second kappa shape index (κ2) is 7.49. The highest BCUT2D eigenvalue weighted by molar-refractivity contribution is 5.73. The molecule has 0 heterocycles. The molecule has 0 rings (SSSR count). The van der Waals surface area contributed by atoms with Crippen LogP contribution in [-0.2, 0) is 4.79 Å². The summed E-state index contributed by atoms with van der Waals surface area (Å²) in [7, 11) is 0. The first-order valence-corrected chi connectivity index (χ1v) is 4.47. The largest absolute Gasteiger partial charge is 0.480 e. The van der Waals surface area contributed by atoms with Gasteiger partial charge in [0.2, 0.25) is 0 Å². The number of aliphatic hydroxyl groups is 2. The molecule has 0 radical (unpaired) electrons. The smallest absolute Gasteiger partial charge is 0.323 e. The van der Waals surface area contributed by atoms with E-state index in [-0.39, 0.29) is 6.54 Å². The molecule has 0 amide bonds. The van der Waals surface area contributed by atoms with Crippen molar-refractivity contribution in [3.63, 3.8) is 0 Å². The number of aliphatic hydroxyl groups excluding tert-OH is 2. The SMILES string of the molecule is C=CCCC(O)CN[C@@H](CO)C(=O)O. The van der Waals surface area contributed by atoms with E-state index in [0.29, 0.717) is 12.8 Å². The van der Waals surface area contributed by atoms with Crippen molar-refractivity contribution in [2.45, 2.75) is 25.0 Å². The molecule has 0 fully saturated rings. The van der Waals surface area contributed by atoms with Gasteiger partial charge in [-0.25, -0.2) is 0 Å². The summed E-state index contributed by atoms with van der Waals surface area (Å²) >= 11 is 0. The maximum Gasteiger partial charge on any atom is 0.323 e. The summed E-state index contributed by atoms with van der Waals surface area (Å²) < 4.78 is 0. The van der Waals surface area contributed by atoms with E-state index in [1.807, 2.05) is 0 Å². The maximum atomic E-state index is 10.4. The molecular formula is C9H17NO4. The van der Waals surface area contributed by atoms with Gasteiger partial charge in [0.05, 0.1) is 12.7 Å². The summed E-state index contributed by atoms with van der Waals surface area (Å²) in [6.07, 6.45) is 2.29. The average Bonchev–Trinajstić information content (AvgIpc) is 2.15. The molecule has 0 saturated heterocycles. The Kier molecular flexibility index (Phi) is 7.00. The Labute approximate surface area is 83.1 Å². The molecule has 0 aliphatic carbocycles. The van der Waals surface area contributed by atoms with Gasteiger partial charge in [-0.2, -0.15) is 0 Å². The Morgan fingerprint density at radius 1 is 1.57 bits per heavy atom. The highest BCUT2D eigenvalue weighted by Crippen LogP contribution is 1.96. The average molecular weight is 203 g/mol. The fourth-order valence-corrected chi connectivity index (χ4v) is 0.921. The Morgan fingerprint density at radius 3 is 2.64 bits per heavy atom. The summed E-state index contributed by atoms with van der Waals surface area (Å²) in [4.78, 5) is 10.4. The minimum Gasteiger partial charge on any atom is -0.480 e. The summed E-state index contributed by atoms with van der Waals surface area (Å²) in [5, 5.41) is 29.1. The van der Waals surface area contributed by atoms with Crippen molar-refractivity contribution in [3.05, 3.63) is 12.7 Å². The summed E-state index contributed by atoms with van der Waals surface area (Å²) in [5.41, 5.74) is 0. The van der Waals surface area contributed by atoms with Crippen LogP contribution in [0.2, 0.25) is 0 Å². The van der Waals surface area contributed by atoms with Gasteiger partial charge in [-0.3, -0.25) is 10.1 Å². The zero-order chi connectivity index (χ0) is 11.0. The summed E-state index contributed by atoms with van der Waals surface area (Å²) in [5.74, 6) is -1.12. The molecular weight excluding hydrogens is 186 g/mol. The number of carboxylic acid groups (broad SMARTS) is 1. The van der Waals surface area contributed by atoms with Crippen molar-refractivity contribution in [2.24, 2.45) is 0 Å². The zero-order valence-electron chi connectivity index (χ0n) is 8.02. The Balaban J connectivity index is 3.67. The van der Waals surface area contributed by atoms with Crippen molar-refractivity contribution in [2.75, 3.05) is 13.2 Å². The summed E-state index contributed by atoms with van der Waals surface area (Å²) in [6.45, 7) is 3.18. The van der Waals surface area contributed by atoms with Crippen LogP contribution in [0.1, 0.15) is 12.8 Å². The Bertz CT molecular complexity index is 184. The van der Waals surface area contributed by atoms with Gasteiger partial charge in [-0.05, 0) is 12.8 Å². The van der Waals surface area contributed by atoms with E-state index >= 15 is 0 Å². The number of carboxylic acids is 1. The lowest BCUT2D eigenvalue weighted by Gasteiger charge is -2.14. The monoisotopic (exact) mass is 203 g/mol. The van der Waals surface area contributed by atoms with Crippen LogP contribution in [0.25, 0.3) is 0 Å². The molecule has 5 nitrogen and oxygen atoms in total. The van der Waals surface area contributed by atoms with E-state index in [0.717, 1.165) is 0 Å². The molecule has 0 aliphatic heterocycles. The van der Waals surface area contributed by atoms with E-state index in [1.165, 1.54) is 0 Å². The predicted octanol–water partition coefficient (Wildman–Crippen LogP) is -0.651. The Morgan fingerprint density at radius 2 is 2.21 bits per heavy atom. The van der Waals surface area contributed by atoms with Crippen LogP contribution in [0.3, 0.4) is 0 Å². The van der Waals surface area contributed by atoms with Crippen LogP contribution in [0.15, 0.2) is 12.7 Å². The van der Waals surface area contributed by atoms with Crippen LogP contribution >= 0.6 is 0 Å². The Hall–Kier alpha value is -0.910. The standard InChI is InChI=1S/C9H17NO4/c1-2-3-4-7(12)5-10-8(6-11)9(13)14/h2,7-8,10-12H,1,3-6H2,(H,13,14)/t7?,8-/m0/s1. The van der Waals surface area contributed by atoms with E-state index in [1.54, 1.807) is 6.08 Å². The number of nitrogens with one attached hydrogen (secondary N) is 1. The zero-order valence-corrected chi connectivity index (χ0v) is 8.02. The molecule has 0 spiro atoms. The molecule has 0 aromatic rings. The molecule has 0 saturated carbocycles. The molecule has 14 heavy (non-hydrogen) atoms. The van der Waals surface area contributed by atoms with Gasteiger partial charge in [-0.1, -0.05) is 6.08 Å². The van der Waals surface area contributed by atoms with Crippen LogP contribution in [0, 0.1) is 0 Å². The molecule has 5 heteroatoms. The number of allylic oxidation sites excluding steroid dienone is 1. The fraction of sp³-hybridized carbons (Fsp3) is 0.667. The summed E-state index contributed by atoms with van der Waals surface area (Å²) in [6, 6.07) is -1.01. The molecule has 1 unspecified atom stereocenters. The van der Waals surface area contributed by atoms with E-state index in [2.05, 4.69) is 11.9 Å². The van der Waals surface area contributed by atoms with Gasteiger partial charge in [0, 0.05) is 6.54 Å². The molecule has 0 bridgehead atoms. The van der Waals surface area contributed by atoms with Crippen molar-refractivity contribution >= 4 is 5.97 Å². The van der Waals surface area contributed by atoms with Crippen molar-refractivity contribution < 1.29 is 20.1 Å². The number of hydrogen-bond donors (Lipinski definition) is 4. The van der Waals surface area contributed by atoms with Crippen molar-refractivity contribution in [1.82, 2.24) is 5.32 Å². The van der Waals surface area contributed by atoms with Gasteiger partial charge in [0.25, 0.3) is 0 Å². The van der Waals surface area contributed by atoms with Gasteiger partial charge in [0.1, 0.15) is 6.04 Å². The van der Waals surface area contributed by atoms with Gasteiger partial charge in [0.15, 0.2) is 0 Å². The first-order chi connectivity index (χ1) is 6.61. The topological polar surface area (TPSA) is 89.8 Å². The molecule has 82 valence electrons. The second-order valence-corrected chi connectivity index (χ2v) is 3.00. The first kappa shape index (κ1) is 13.1. The van der Waals surface area contributed by atoms with Crippen molar-refractivity contribution in [1.29, 1.82) is 0 Å². The maximum absolute atomic E-state index is 10.4. The van der Waals surface area contributed by atoms with Gasteiger partial charge in [-0.15, -0.1) is 6.58 Å². The highest BCUT2D eigenvalue weighted by Gasteiger charge is 2.16. The van der Waals surface area contributed by atoms with Crippen LogP contribution in [0.5, 0.6) is 0 Å². The van der Waals surface area contributed by atoms with Crippen LogP contribution in [0.4, 0.5) is 0 Å². The molecule has 4 N–H and O–H groups in total. The molecule has 0 aromatic carbocycles. The quantitative estimate of drug-likeness (QED) is 0.394. The predicted molar refractivity (Wildman–Crippen MR) is 52.0 cm³/mol.